The highest BCUT2D eigenvalue weighted by atomic mass is 15.3. The molecule has 1 heterocycles. The van der Waals surface area contributed by atoms with Gasteiger partial charge >= 0.3 is 0 Å². The Bertz CT molecular complexity index is 160. The molecule has 1 aliphatic rings. The lowest BCUT2D eigenvalue weighted by atomic mass is 10.1. The van der Waals surface area contributed by atoms with E-state index < -0.39 is 0 Å². The Balaban J connectivity index is 2.19. The number of rotatable bonds is 5. The first-order valence-electron chi connectivity index (χ1n) is 6.59. The Labute approximate surface area is 95.6 Å². The summed E-state index contributed by atoms with van der Waals surface area (Å²) in [4.78, 5) is 5.22. The summed E-state index contributed by atoms with van der Waals surface area (Å²) in [7, 11) is 0. The van der Waals surface area contributed by atoms with Crippen molar-refractivity contribution in [3.8, 4) is 0 Å². The van der Waals surface area contributed by atoms with Gasteiger partial charge in [-0.1, -0.05) is 20.3 Å². The lowest BCUT2D eigenvalue weighted by Gasteiger charge is -2.37. The van der Waals surface area contributed by atoms with Gasteiger partial charge in [-0.2, -0.15) is 0 Å². The molecule has 0 aromatic carbocycles. The van der Waals surface area contributed by atoms with Crippen LogP contribution in [-0.4, -0.2) is 48.6 Å². The van der Waals surface area contributed by atoms with Crippen molar-refractivity contribution in [1.29, 1.82) is 0 Å². The standard InChI is InChI=1S/C13H28N2/c1-5-6-13(4)11-14-7-9-15(10-8-14)12(2)3/h12-13H,5-11H2,1-4H3. The predicted octanol–water partition coefficient (Wildman–Crippen LogP) is 2.45. The SMILES string of the molecule is CCCC(C)CN1CCN(C(C)C)CC1. The topological polar surface area (TPSA) is 6.48 Å². The number of nitrogens with zero attached hydrogens (tertiary/aromatic N) is 2. The van der Waals surface area contributed by atoms with Crippen LogP contribution >= 0.6 is 0 Å². The first-order valence-corrected chi connectivity index (χ1v) is 6.59. The van der Waals surface area contributed by atoms with Crippen molar-refractivity contribution < 1.29 is 0 Å². The van der Waals surface area contributed by atoms with Crippen LogP contribution in [0.25, 0.3) is 0 Å². The second-order valence-electron chi connectivity index (χ2n) is 5.32. The highest BCUT2D eigenvalue weighted by Crippen LogP contribution is 2.11. The third-order valence-corrected chi connectivity index (χ3v) is 3.49. The molecule has 1 saturated heterocycles. The van der Waals surface area contributed by atoms with E-state index in [4.69, 9.17) is 0 Å². The molecule has 0 aromatic heterocycles. The average Bonchev–Trinajstić information content (AvgIpc) is 2.18. The van der Waals surface area contributed by atoms with Crippen LogP contribution in [0.2, 0.25) is 0 Å². The molecular weight excluding hydrogens is 184 g/mol. The molecule has 2 nitrogen and oxygen atoms in total. The van der Waals surface area contributed by atoms with Crippen LogP contribution < -0.4 is 0 Å². The minimum absolute atomic E-state index is 0.722. The van der Waals surface area contributed by atoms with Crippen LogP contribution in [-0.2, 0) is 0 Å². The minimum atomic E-state index is 0.722. The van der Waals surface area contributed by atoms with Crippen molar-refractivity contribution in [2.75, 3.05) is 32.7 Å². The molecule has 1 fully saturated rings. The van der Waals surface area contributed by atoms with Gasteiger partial charge in [0.25, 0.3) is 0 Å². The molecule has 0 radical (unpaired) electrons. The second-order valence-corrected chi connectivity index (χ2v) is 5.32. The van der Waals surface area contributed by atoms with Crippen LogP contribution in [0, 0.1) is 5.92 Å². The molecule has 0 aromatic rings. The predicted molar refractivity (Wildman–Crippen MR) is 67.2 cm³/mol. The maximum absolute atomic E-state index is 2.64. The van der Waals surface area contributed by atoms with Crippen LogP contribution in [0.5, 0.6) is 0 Å². The summed E-state index contributed by atoms with van der Waals surface area (Å²) < 4.78 is 0. The third kappa shape index (κ3) is 4.52. The first-order chi connectivity index (χ1) is 7.13. The van der Waals surface area contributed by atoms with Crippen molar-refractivity contribution in [3.05, 3.63) is 0 Å². The van der Waals surface area contributed by atoms with Crippen molar-refractivity contribution >= 4 is 0 Å². The first kappa shape index (κ1) is 13.0. The summed E-state index contributed by atoms with van der Waals surface area (Å²) in [6.07, 6.45) is 2.71. The summed E-state index contributed by atoms with van der Waals surface area (Å²) in [5.41, 5.74) is 0. The van der Waals surface area contributed by atoms with Gasteiger partial charge in [-0.05, 0) is 26.2 Å². The fraction of sp³-hybridized carbons (Fsp3) is 1.00. The zero-order valence-corrected chi connectivity index (χ0v) is 11.0. The minimum Gasteiger partial charge on any atom is -0.301 e. The van der Waals surface area contributed by atoms with Crippen molar-refractivity contribution in [1.82, 2.24) is 9.80 Å². The van der Waals surface area contributed by atoms with Gasteiger partial charge in [0.05, 0.1) is 0 Å². The van der Waals surface area contributed by atoms with Gasteiger partial charge in [0.2, 0.25) is 0 Å². The van der Waals surface area contributed by atoms with E-state index in [1.807, 2.05) is 0 Å². The van der Waals surface area contributed by atoms with E-state index in [0.717, 1.165) is 12.0 Å². The highest BCUT2D eigenvalue weighted by molar-refractivity contribution is 4.75. The summed E-state index contributed by atoms with van der Waals surface area (Å²) in [6, 6.07) is 0.722. The maximum Gasteiger partial charge on any atom is 0.0113 e. The highest BCUT2D eigenvalue weighted by Gasteiger charge is 2.19. The Kier molecular flexibility index (Phi) is 5.62. The van der Waals surface area contributed by atoms with E-state index in [1.54, 1.807) is 0 Å². The normalized spacial score (nSPS) is 22.2. The molecule has 2 heteroatoms. The van der Waals surface area contributed by atoms with Crippen molar-refractivity contribution in [3.63, 3.8) is 0 Å². The van der Waals surface area contributed by atoms with E-state index in [-0.39, 0.29) is 0 Å². The van der Waals surface area contributed by atoms with E-state index >= 15 is 0 Å². The van der Waals surface area contributed by atoms with Gasteiger partial charge in [-0.25, -0.2) is 0 Å². The molecule has 90 valence electrons. The van der Waals surface area contributed by atoms with Crippen molar-refractivity contribution in [2.45, 2.75) is 46.6 Å². The molecule has 0 aliphatic carbocycles. The van der Waals surface area contributed by atoms with E-state index in [9.17, 15) is 0 Å². The number of hydrogen-bond acceptors (Lipinski definition) is 2. The molecule has 0 spiro atoms. The number of piperazine rings is 1. The van der Waals surface area contributed by atoms with Crippen LogP contribution in [0.15, 0.2) is 0 Å². The molecule has 15 heavy (non-hydrogen) atoms. The van der Waals surface area contributed by atoms with Crippen LogP contribution in [0.4, 0.5) is 0 Å². The Morgan fingerprint density at radius 3 is 2.07 bits per heavy atom. The quantitative estimate of drug-likeness (QED) is 0.691. The van der Waals surface area contributed by atoms with Crippen molar-refractivity contribution in [2.24, 2.45) is 5.92 Å². The molecule has 0 bridgehead atoms. The molecule has 1 atom stereocenters. The van der Waals surface area contributed by atoms with Gasteiger partial charge in [0.1, 0.15) is 0 Å². The molecule has 0 saturated carbocycles. The molecular formula is C13H28N2. The zero-order chi connectivity index (χ0) is 11.3. The zero-order valence-electron chi connectivity index (χ0n) is 11.0. The van der Waals surface area contributed by atoms with Gasteiger partial charge in [-0.15, -0.1) is 0 Å². The molecule has 0 amide bonds. The fourth-order valence-electron chi connectivity index (χ4n) is 2.49. The van der Waals surface area contributed by atoms with Crippen LogP contribution in [0.1, 0.15) is 40.5 Å². The van der Waals surface area contributed by atoms with Gasteiger partial charge in [-0.3, -0.25) is 4.90 Å². The van der Waals surface area contributed by atoms with Gasteiger partial charge < -0.3 is 4.90 Å². The van der Waals surface area contributed by atoms with E-state index in [2.05, 4.69) is 37.5 Å². The summed E-state index contributed by atoms with van der Waals surface area (Å²) in [5, 5.41) is 0. The molecule has 1 unspecified atom stereocenters. The summed E-state index contributed by atoms with van der Waals surface area (Å²) in [5.74, 6) is 0.876. The lowest BCUT2D eigenvalue weighted by Crippen LogP contribution is -2.49. The maximum atomic E-state index is 2.64. The monoisotopic (exact) mass is 212 g/mol. The van der Waals surface area contributed by atoms with Gasteiger partial charge in [0.15, 0.2) is 0 Å². The molecule has 1 aliphatic heterocycles. The summed E-state index contributed by atoms with van der Waals surface area (Å²) >= 11 is 0. The Morgan fingerprint density at radius 1 is 1.00 bits per heavy atom. The fourth-order valence-corrected chi connectivity index (χ4v) is 2.49. The lowest BCUT2D eigenvalue weighted by molar-refractivity contribution is 0.0976. The van der Waals surface area contributed by atoms with E-state index in [1.165, 1.54) is 45.6 Å². The molecule has 0 N–H and O–H groups in total. The summed E-state index contributed by atoms with van der Waals surface area (Å²) in [6.45, 7) is 15.6. The van der Waals surface area contributed by atoms with Crippen LogP contribution in [0.3, 0.4) is 0 Å². The largest absolute Gasteiger partial charge is 0.301 e. The van der Waals surface area contributed by atoms with Gasteiger partial charge in [0, 0.05) is 38.8 Å². The molecule has 1 rings (SSSR count). The number of hydrogen-bond donors (Lipinski definition) is 0. The Hall–Kier alpha value is -0.0800. The average molecular weight is 212 g/mol. The third-order valence-electron chi connectivity index (χ3n) is 3.49. The van der Waals surface area contributed by atoms with E-state index in [0.29, 0.717) is 0 Å². The second kappa shape index (κ2) is 6.49. The Morgan fingerprint density at radius 2 is 1.60 bits per heavy atom. The smallest absolute Gasteiger partial charge is 0.0113 e.